The number of aryl methyl sites for hydroxylation is 1. The van der Waals surface area contributed by atoms with Crippen LogP contribution in [-0.4, -0.2) is 4.98 Å². The highest BCUT2D eigenvalue weighted by molar-refractivity contribution is 6.30. The molecule has 0 amide bonds. The first-order valence-electron chi connectivity index (χ1n) is 5.25. The van der Waals surface area contributed by atoms with Crippen LogP contribution in [0.15, 0.2) is 36.7 Å². The van der Waals surface area contributed by atoms with E-state index in [0.29, 0.717) is 6.54 Å². The average Bonchev–Trinajstić information content (AvgIpc) is 2.32. The summed E-state index contributed by atoms with van der Waals surface area (Å²) >= 11 is 5.71. The first kappa shape index (κ1) is 11.9. The van der Waals surface area contributed by atoms with Crippen LogP contribution >= 0.6 is 11.6 Å². The lowest BCUT2D eigenvalue weighted by atomic mass is 10.2. The number of hydrogen-bond acceptors (Lipinski definition) is 2. The zero-order chi connectivity index (χ0) is 12.3. The summed E-state index contributed by atoms with van der Waals surface area (Å²) in [7, 11) is 0. The molecule has 0 aliphatic rings. The lowest BCUT2D eigenvalue weighted by molar-refractivity contribution is 0.627. The van der Waals surface area contributed by atoms with Gasteiger partial charge in [0.25, 0.3) is 0 Å². The first-order valence-corrected chi connectivity index (χ1v) is 5.63. The maximum atomic E-state index is 13.0. The molecule has 0 saturated heterocycles. The van der Waals surface area contributed by atoms with Crippen molar-refractivity contribution < 1.29 is 4.39 Å². The highest BCUT2D eigenvalue weighted by atomic mass is 35.5. The normalized spacial score (nSPS) is 10.3. The maximum absolute atomic E-state index is 13.0. The summed E-state index contributed by atoms with van der Waals surface area (Å²) in [5.74, 6) is -0.395. The largest absolute Gasteiger partial charge is 0.380 e. The molecule has 0 atom stereocenters. The molecule has 4 heteroatoms. The molecule has 0 fully saturated rings. The molecule has 1 N–H and O–H groups in total. The van der Waals surface area contributed by atoms with Gasteiger partial charge in [-0.3, -0.25) is 4.98 Å². The summed E-state index contributed by atoms with van der Waals surface area (Å²) in [6.07, 6.45) is 3.51. The van der Waals surface area contributed by atoms with Crippen molar-refractivity contribution in [2.45, 2.75) is 13.5 Å². The van der Waals surface area contributed by atoms with E-state index in [0.717, 1.165) is 16.8 Å². The molecule has 0 spiro atoms. The Kier molecular flexibility index (Phi) is 3.59. The van der Waals surface area contributed by atoms with E-state index in [9.17, 15) is 4.39 Å². The van der Waals surface area contributed by atoms with Crippen LogP contribution in [0.4, 0.5) is 10.1 Å². The number of halogens is 2. The fraction of sp³-hybridized carbons (Fsp3) is 0.154. The number of hydrogen-bond donors (Lipinski definition) is 1. The summed E-state index contributed by atoms with van der Waals surface area (Å²) < 4.78 is 13.0. The number of nitrogens with zero attached hydrogens (tertiary/aromatic N) is 1. The van der Waals surface area contributed by atoms with Gasteiger partial charge in [0.2, 0.25) is 0 Å². The first-order chi connectivity index (χ1) is 8.16. The smallest absolute Gasteiger partial charge is 0.141 e. The van der Waals surface area contributed by atoms with Gasteiger partial charge in [0.05, 0.1) is 16.9 Å². The van der Waals surface area contributed by atoms with E-state index in [-0.39, 0.29) is 5.02 Å². The van der Waals surface area contributed by atoms with Crippen molar-refractivity contribution in [3.05, 3.63) is 58.6 Å². The van der Waals surface area contributed by atoms with Crippen LogP contribution in [0.3, 0.4) is 0 Å². The second-order valence-electron chi connectivity index (χ2n) is 3.79. The zero-order valence-corrected chi connectivity index (χ0v) is 10.1. The van der Waals surface area contributed by atoms with Gasteiger partial charge in [0.1, 0.15) is 5.82 Å². The second kappa shape index (κ2) is 5.15. The predicted molar refractivity (Wildman–Crippen MR) is 67.7 cm³/mol. The van der Waals surface area contributed by atoms with E-state index in [4.69, 9.17) is 11.6 Å². The number of anilines is 1. The molecule has 1 aromatic heterocycles. The van der Waals surface area contributed by atoms with Crippen molar-refractivity contribution in [2.24, 2.45) is 0 Å². The number of nitrogens with one attached hydrogen (secondary N) is 1. The Hall–Kier alpha value is -1.61. The van der Waals surface area contributed by atoms with Crippen molar-refractivity contribution >= 4 is 17.3 Å². The van der Waals surface area contributed by atoms with Crippen LogP contribution < -0.4 is 5.32 Å². The van der Waals surface area contributed by atoms with Gasteiger partial charge in [-0.1, -0.05) is 17.7 Å². The van der Waals surface area contributed by atoms with Crippen molar-refractivity contribution in [1.82, 2.24) is 4.98 Å². The summed E-state index contributed by atoms with van der Waals surface area (Å²) in [5, 5.41) is 3.38. The third kappa shape index (κ3) is 2.94. The Morgan fingerprint density at radius 1 is 1.35 bits per heavy atom. The van der Waals surface area contributed by atoms with Crippen molar-refractivity contribution in [3.8, 4) is 0 Å². The van der Waals surface area contributed by atoms with Gasteiger partial charge >= 0.3 is 0 Å². The van der Waals surface area contributed by atoms with Crippen molar-refractivity contribution in [2.75, 3.05) is 5.32 Å². The molecule has 2 nitrogen and oxygen atoms in total. The van der Waals surface area contributed by atoms with E-state index >= 15 is 0 Å². The zero-order valence-electron chi connectivity index (χ0n) is 9.37. The minimum Gasteiger partial charge on any atom is -0.380 e. The maximum Gasteiger partial charge on any atom is 0.141 e. The van der Waals surface area contributed by atoms with Crippen LogP contribution in [0.1, 0.15) is 11.1 Å². The predicted octanol–water partition coefficient (Wildman–Crippen LogP) is 3.79. The minimum atomic E-state index is -0.395. The molecule has 1 heterocycles. The Morgan fingerprint density at radius 2 is 2.18 bits per heavy atom. The van der Waals surface area contributed by atoms with Gasteiger partial charge in [0, 0.05) is 12.7 Å². The minimum absolute atomic E-state index is 0.146. The topological polar surface area (TPSA) is 24.9 Å². The molecule has 0 aliphatic carbocycles. The number of benzene rings is 1. The number of pyridine rings is 1. The van der Waals surface area contributed by atoms with E-state index in [1.807, 2.05) is 13.0 Å². The summed E-state index contributed by atoms with van der Waals surface area (Å²) in [6.45, 7) is 2.59. The fourth-order valence-electron chi connectivity index (χ4n) is 1.50. The Labute approximate surface area is 104 Å². The molecule has 88 valence electrons. The molecule has 2 rings (SSSR count). The van der Waals surface area contributed by atoms with Gasteiger partial charge in [-0.15, -0.1) is 0 Å². The molecular weight excluding hydrogens is 239 g/mol. The summed E-state index contributed by atoms with van der Waals surface area (Å²) in [4.78, 5) is 4.04. The number of rotatable bonds is 3. The van der Waals surface area contributed by atoms with Crippen LogP contribution in [0.5, 0.6) is 0 Å². The van der Waals surface area contributed by atoms with E-state index in [2.05, 4.69) is 10.3 Å². The Bertz CT molecular complexity index is 529. The average molecular weight is 251 g/mol. The van der Waals surface area contributed by atoms with Crippen LogP contribution in [0.25, 0.3) is 0 Å². The van der Waals surface area contributed by atoms with Gasteiger partial charge in [-0.25, -0.2) is 4.39 Å². The van der Waals surface area contributed by atoms with Crippen LogP contribution in [-0.2, 0) is 6.54 Å². The lowest BCUT2D eigenvalue weighted by Crippen LogP contribution is -2.01. The Balaban J connectivity index is 2.08. The molecule has 0 radical (unpaired) electrons. The van der Waals surface area contributed by atoms with Gasteiger partial charge < -0.3 is 5.32 Å². The molecule has 0 bridgehead atoms. The van der Waals surface area contributed by atoms with Crippen molar-refractivity contribution in [1.29, 1.82) is 0 Å². The fourth-order valence-corrected chi connectivity index (χ4v) is 1.70. The SMILES string of the molecule is Cc1ccncc1NCc1ccc(F)c(Cl)c1. The Morgan fingerprint density at radius 3 is 2.88 bits per heavy atom. The highest BCUT2D eigenvalue weighted by Crippen LogP contribution is 2.18. The molecule has 2 aromatic rings. The van der Waals surface area contributed by atoms with E-state index < -0.39 is 5.82 Å². The van der Waals surface area contributed by atoms with E-state index in [1.165, 1.54) is 6.07 Å². The molecule has 0 saturated carbocycles. The molecule has 1 aromatic carbocycles. The van der Waals surface area contributed by atoms with Crippen LogP contribution in [0, 0.1) is 12.7 Å². The molecular formula is C13H12ClFN2. The monoisotopic (exact) mass is 250 g/mol. The van der Waals surface area contributed by atoms with Crippen LogP contribution in [0.2, 0.25) is 5.02 Å². The van der Waals surface area contributed by atoms with Gasteiger partial charge in [-0.2, -0.15) is 0 Å². The third-order valence-corrected chi connectivity index (χ3v) is 2.80. The van der Waals surface area contributed by atoms with E-state index in [1.54, 1.807) is 24.5 Å². The number of aromatic nitrogens is 1. The molecule has 0 aliphatic heterocycles. The molecule has 17 heavy (non-hydrogen) atoms. The van der Waals surface area contributed by atoms with Crippen molar-refractivity contribution in [3.63, 3.8) is 0 Å². The second-order valence-corrected chi connectivity index (χ2v) is 4.20. The van der Waals surface area contributed by atoms with Gasteiger partial charge in [0.15, 0.2) is 0 Å². The highest BCUT2D eigenvalue weighted by Gasteiger charge is 2.01. The van der Waals surface area contributed by atoms with Gasteiger partial charge in [-0.05, 0) is 36.2 Å². The quantitative estimate of drug-likeness (QED) is 0.896. The standard InChI is InChI=1S/C13H12ClFN2/c1-9-4-5-16-8-13(9)17-7-10-2-3-12(15)11(14)6-10/h2-6,8,17H,7H2,1H3. The third-order valence-electron chi connectivity index (χ3n) is 2.51. The summed E-state index contributed by atoms with van der Waals surface area (Å²) in [5.41, 5.74) is 3.01. The summed E-state index contributed by atoms with van der Waals surface area (Å²) in [6, 6.07) is 6.63. The lowest BCUT2D eigenvalue weighted by Gasteiger charge is -2.09. The molecule has 0 unspecified atom stereocenters.